The van der Waals surface area contributed by atoms with Crippen molar-refractivity contribution in [3.8, 4) is 44.5 Å². The summed E-state index contributed by atoms with van der Waals surface area (Å²) in [5.74, 6) is 0.249. The van der Waals surface area contributed by atoms with Crippen LogP contribution in [0.3, 0.4) is 0 Å². The van der Waals surface area contributed by atoms with Crippen LogP contribution in [0.25, 0.3) is 66.4 Å². The van der Waals surface area contributed by atoms with Gasteiger partial charge in [0, 0.05) is 56.6 Å². The normalized spacial score (nSPS) is 20.2. The largest absolute Gasteiger partial charge is 0.456 e. The molecule has 4 atom stereocenters. The molecule has 3 heteroatoms. The van der Waals surface area contributed by atoms with E-state index in [1.54, 1.807) is 0 Å². The van der Waals surface area contributed by atoms with Crippen molar-refractivity contribution in [3.63, 3.8) is 0 Å². The monoisotopic (exact) mass is 1070 g/mol. The fourth-order valence-corrected chi connectivity index (χ4v) is 18.1. The van der Waals surface area contributed by atoms with Gasteiger partial charge in [0.25, 0.3) is 0 Å². The summed E-state index contributed by atoms with van der Waals surface area (Å²) in [6.07, 6.45) is 2.11. The molecular formula is C81H54N2O. The summed E-state index contributed by atoms with van der Waals surface area (Å²) in [5, 5.41) is 6.45. The predicted octanol–water partition coefficient (Wildman–Crippen LogP) is 20.5. The highest BCUT2D eigenvalue weighted by Crippen LogP contribution is 2.71. The Morgan fingerprint density at radius 3 is 1.94 bits per heavy atom. The lowest BCUT2D eigenvalue weighted by Gasteiger charge is -2.56. The number of furan rings is 1. The molecule has 0 amide bonds. The molecular weight excluding hydrogens is 1020 g/mol. The highest BCUT2D eigenvalue weighted by molar-refractivity contribution is 6.09. The fourth-order valence-electron chi connectivity index (χ4n) is 18.1. The lowest BCUT2D eigenvalue weighted by molar-refractivity contribution is 0.426. The maximum absolute atomic E-state index is 6.94. The van der Waals surface area contributed by atoms with Gasteiger partial charge < -0.3 is 14.6 Å². The van der Waals surface area contributed by atoms with Crippen molar-refractivity contribution in [2.24, 2.45) is 0 Å². The summed E-state index contributed by atoms with van der Waals surface area (Å²) in [6, 6.07) is 95.5. The topological polar surface area (TPSA) is 28.4 Å². The summed E-state index contributed by atoms with van der Waals surface area (Å²) in [4.78, 5) is 2.65. The van der Waals surface area contributed by atoms with Crippen LogP contribution in [0.4, 0.5) is 28.4 Å². The van der Waals surface area contributed by atoms with Crippen molar-refractivity contribution in [2.75, 3.05) is 10.2 Å². The van der Waals surface area contributed by atoms with Crippen LogP contribution in [-0.2, 0) is 16.2 Å². The molecule has 84 heavy (non-hydrogen) atoms. The van der Waals surface area contributed by atoms with E-state index in [1.165, 1.54) is 145 Å². The standard InChI is InChI=1S/C81H54N2O/c1-79(2)61-25-13-9-21-53(61)55-32-29-49(42-64(55)79)52-34-37-69-77-76(52)74-58-24-11-15-27-63(58)81(77,66-41-48(30-36-68(66)82-69)46-17-5-3-6-18-46)65-43-50(31-33-59(65)74)83-70-38-35-51(47-19-7-4-8-20-47)75-57-39-40-80(78(70)75,62-26-14-10-22-54(57)62)67-44-60-56-23-12-16-28-72(56)84-73(60)45-71(67)83/h3-38,41-45,57,74,82H,39-40H2,1-2H3. The van der Waals surface area contributed by atoms with Gasteiger partial charge in [0.15, 0.2) is 0 Å². The summed E-state index contributed by atoms with van der Waals surface area (Å²) in [5.41, 5.74) is 36.3. The molecule has 9 aliphatic rings. The first-order chi connectivity index (χ1) is 41.4. The van der Waals surface area contributed by atoms with Crippen LogP contribution in [0.15, 0.2) is 253 Å². The van der Waals surface area contributed by atoms with Crippen molar-refractivity contribution in [1.82, 2.24) is 0 Å². The minimum absolute atomic E-state index is 0.0200. The Morgan fingerprint density at radius 1 is 0.405 bits per heavy atom. The fraction of sp³-hybridized carbons (Fsp3) is 0.111. The number of anilines is 5. The van der Waals surface area contributed by atoms with Crippen molar-refractivity contribution in [3.05, 3.63) is 327 Å². The second-order valence-corrected chi connectivity index (χ2v) is 25.3. The van der Waals surface area contributed by atoms with Gasteiger partial charge >= 0.3 is 0 Å². The molecule has 394 valence electrons. The first-order valence-electron chi connectivity index (χ1n) is 30.1. The van der Waals surface area contributed by atoms with Crippen LogP contribution >= 0.6 is 0 Å². The van der Waals surface area contributed by atoms with Crippen LogP contribution in [0.5, 0.6) is 0 Å². The molecule has 3 nitrogen and oxygen atoms in total. The van der Waals surface area contributed by atoms with Crippen LogP contribution in [0, 0.1) is 0 Å². The molecule has 0 fully saturated rings. The van der Waals surface area contributed by atoms with Crippen LogP contribution in [-0.4, -0.2) is 0 Å². The third-order valence-corrected chi connectivity index (χ3v) is 21.4. The Morgan fingerprint density at radius 2 is 1.07 bits per heavy atom. The van der Waals surface area contributed by atoms with Gasteiger partial charge in [0.05, 0.1) is 16.8 Å². The van der Waals surface area contributed by atoms with Crippen LogP contribution in [0.1, 0.15) is 116 Å². The number of hydrogen-bond acceptors (Lipinski definition) is 3. The van der Waals surface area contributed by atoms with Gasteiger partial charge in [-0.25, -0.2) is 0 Å². The summed E-state index contributed by atoms with van der Waals surface area (Å²) in [6.45, 7) is 4.81. The highest BCUT2D eigenvalue weighted by atomic mass is 16.3. The third-order valence-electron chi connectivity index (χ3n) is 21.4. The van der Waals surface area contributed by atoms with Gasteiger partial charge in [-0.15, -0.1) is 0 Å². The minimum Gasteiger partial charge on any atom is -0.456 e. The lowest BCUT2D eigenvalue weighted by atomic mass is 9.48. The quantitative estimate of drug-likeness (QED) is 0.190. The smallest absolute Gasteiger partial charge is 0.137 e. The number of nitrogens with zero attached hydrogens (tertiary/aromatic N) is 1. The van der Waals surface area contributed by atoms with Gasteiger partial charge in [-0.05, 0) is 190 Å². The third kappa shape index (κ3) is 5.42. The average molecular weight is 1070 g/mol. The molecule has 0 saturated carbocycles. The van der Waals surface area contributed by atoms with E-state index in [0.29, 0.717) is 0 Å². The Kier molecular flexibility index (Phi) is 8.57. The molecule has 7 aliphatic carbocycles. The van der Waals surface area contributed by atoms with E-state index >= 15 is 0 Å². The second kappa shape index (κ2) is 15.8. The molecule has 13 aromatic rings. The first kappa shape index (κ1) is 45.6. The molecule has 12 aromatic carbocycles. The van der Waals surface area contributed by atoms with Crippen LogP contribution in [0.2, 0.25) is 0 Å². The number of benzene rings is 12. The Balaban J connectivity index is 0.886. The molecule has 1 N–H and O–H groups in total. The Labute approximate surface area is 488 Å². The molecule has 4 bridgehead atoms. The van der Waals surface area contributed by atoms with E-state index in [1.807, 2.05) is 0 Å². The zero-order valence-corrected chi connectivity index (χ0v) is 46.6. The van der Waals surface area contributed by atoms with Gasteiger partial charge in [-0.2, -0.15) is 0 Å². The molecule has 1 aromatic heterocycles. The molecule has 0 radical (unpaired) electrons. The van der Waals surface area contributed by atoms with E-state index < -0.39 is 5.41 Å². The molecule has 3 heterocycles. The molecule has 2 aliphatic heterocycles. The second-order valence-electron chi connectivity index (χ2n) is 25.3. The Hall–Kier alpha value is -9.96. The van der Waals surface area contributed by atoms with E-state index in [2.05, 4.69) is 273 Å². The first-order valence-corrected chi connectivity index (χ1v) is 30.1. The predicted molar refractivity (Wildman–Crippen MR) is 342 cm³/mol. The zero-order chi connectivity index (χ0) is 54.9. The van der Waals surface area contributed by atoms with Gasteiger partial charge in [0.2, 0.25) is 0 Å². The van der Waals surface area contributed by atoms with Crippen molar-refractivity contribution in [1.29, 1.82) is 0 Å². The van der Waals surface area contributed by atoms with E-state index in [9.17, 15) is 0 Å². The maximum atomic E-state index is 6.94. The number of rotatable bonds is 4. The van der Waals surface area contributed by atoms with E-state index in [4.69, 9.17) is 4.42 Å². The van der Waals surface area contributed by atoms with E-state index in [0.717, 1.165) is 40.8 Å². The Bertz CT molecular complexity index is 5120. The minimum atomic E-state index is -0.688. The number of nitrogens with one attached hydrogen (secondary N) is 1. The molecule has 2 spiro atoms. The van der Waals surface area contributed by atoms with Gasteiger partial charge in [-0.3, -0.25) is 0 Å². The maximum Gasteiger partial charge on any atom is 0.137 e. The van der Waals surface area contributed by atoms with E-state index in [-0.39, 0.29) is 22.7 Å². The van der Waals surface area contributed by atoms with Gasteiger partial charge in [-0.1, -0.05) is 202 Å². The van der Waals surface area contributed by atoms with Crippen molar-refractivity contribution >= 4 is 50.4 Å². The van der Waals surface area contributed by atoms with Gasteiger partial charge in [0.1, 0.15) is 11.2 Å². The molecule has 0 saturated heterocycles. The number of para-hydroxylation sites is 1. The summed E-state index contributed by atoms with van der Waals surface area (Å²) in [7, 11) is 0. The van der Waals surface area contributed by atoms with Crippen LogP contribution < -0.4 is 10.2 Å². The average Bonchev–Trinajstić information content (AvgIpc) is 0.815. The summed E-state index contributed by atoms with van der Waals surface area (Å²) >= 11 is 0. The zero-order valence-electron chi connectivity index (χ0n) is 46.6. The highest BCUT2D eigenvalue weighted by Gasteiger charge is 2.59. The SMILES string of the molecule is CC1(C)c2ccccc2-c2ccc(-c3ccc4c5c3C3c6ccccc6C5(c5cc(-c6ccccc6)ccc5N4)c4cc(N5c6cc7oc8ccccc8c7cc6C67CCC(c8ccccc86)c6c(-c8ccccc8)ccc5c67)ccc43)cc21. The lowest BCUT2D eigenvalue weighted by Crippen LogP contribution is -2.46. The van der Waals surface area contributed by atoms with Crippen molar-refractivity contribution in [2.45, 2.75) is 54.8 Å². The number of fused-ring (bicyclic) bond motifs is 9. The molecule has 4 unspecified atom stereocenters. The van der Waals surface area contributed by atoms with Crippen molar-refractivity contribution < 1.29 is 4.42 Å². The number of hydrogen-bond donors (Lipinski definition) is 1. The molecule has 22 rings (SSSR count). The summed E-state index contributed by atoms with van der Waals surface area (Å²) < 4.78 is 6.94.